The maximum absolute atomic E-state index is 11.7. The van der Waals surface area contributed by atoms with E-state index in [1.54, 1.807) is 6.07 Å². The molecule has 0 radical (unpaired) electrons. The molecule has 0 aromatic heterocycles. The van der Waals surface area contributed by atoms with Crippen molar-refractivity contribution in [3.8, 4) is 0 Å². The first kappa shape index (κ1) is 15.9. The number of anilines is 1. The van der Waals surface area contributed by atoms with Crippen LogP contribution in [0.1, 0.15) is 5.56 Å². The Morgan fingerprint density at radius 3 is 2.53 bits per heavy atom. The molecule has 104 valence electrons. The third-order valence-electron chi connectivity index (χ3n) is 2.49. The fourth-order valence-electron chi connectivity index (χ4n) is 1.42. The SMILES string of the molecule is Cc1cc(I)ccc1NC(=O)C(=O)NCCN(C)C. The molecule has 1 rings (SSSR count). The fraction of sp³-hybridized carbons (Fsp3) is 0.385. The van der Waals surface area contributed by atoms with Gasteiger partial charge in [-0.05, 0) is 67.4 Å². The third kappa shape index (κ3) is 5.56. The van der Waals surface area contributed by atoms with Gasteiger partial charge in [0.15, 0.2) is 0 Å². The lowest BCUT2D eigenvalue weighted by molar-refractivity contribution is -0.136. The van der Waals surface area contributed by atoms with E-state index >= 15 is 0 Å². The van der Waals surface area contributed by atoms with Gasteiger partial charge < -0.3 is 15.5 Å². The summed E-state index contributed by atoms with van der Waals surface area (Å²) in [6, 6.07) is 5.62. The molecule has 1 aromatic carbocycles. The summed E-state index contributed by atoms with van der Waals surface area (Å²) in [5.74, 6) is -1.25. The van der Waals surface area contributed by atoms with Crippen molar-refractivity contribution in [2.45, 2.75) is 6.92 Å². The van der Waals surface area contributed by atoms with Crippen molar-refractivity contribution in [1.29, 1.82) is 0 Å². The van der Waals surface area contributed by atoms with Gasteiger partial charge in [0.05, 0.1) is 0 Å². The van der Waals surface area contributed by atoms with Crippen LogP contribution in [0, 0.1) is 10.5 Å². The van der Waals surface area contributed by atoms with Crippen LogP contribution in [-0.2, 0) is 9.59 Å². The Kier molecular flexibility index (Phi) is 6.23. The molecule has 0 saturated carbocycles. The highest BCUT2D eigenvalue weighted by Gasteiger charge is 2.14. The van der Waals surface area contributed by atoms with E-state index in [0.29, 0.717) is 18.8 Å². The van der Waals surface area contributed by atoms with E-state index < -0.39 is 11.8 Å². The van der Waals surface area contributed by atoms with E-state index in [1.807, 2.05) is 38.1 Å². The lowest BCUT2D eigenvalue weighted by Crippen LogP contribution is -2.38. The van der Waals surface area contributed by atoms with Crippen molar-refractivity contribution in [1.82, 2.24) is 10.2 Å². The number of benzene rings is 1. The monoisotopic (exact) mass is 375 g/mol. The number of amides is 2. The molecule has 6 heteroatoms. The Morgan fingerprint density at radius 1 is 1.26 bits per heavy atom. The lowest BCUT2D eigenvalue weighted by atomic mass is 10.2. The number of carbonyl (C=O) groups is 2. The molecule has 0 aliphatic heterocycles. The normalized spacial score (nSPS) is 10.4. The number of rotatable bonds is 4. The predicted octanol–water partition coefficient (Wildman–Crippen LogP) is 1.22. The van der Waals surface area contributed by atoms with Crippen molar-refractivity contribution in [3.63, 3.8) is 0 Å². The summed E-state index contributed by atoms with van der Waals surface area (Å²) in [5.41, 5.74) is 1.59. The Hall–Kier alpha value is -1.15. The molecule has 0 aliphatic carbocycles. The molecule has 2 amide bonds. The second-order valence-electron chi connectivity index (χ2n) is 4.47. The summed E-state index contributed by atoms with van der Waals surface area (Å²) in [6.07, 6.45) is 0. The van der Waals surface area contributed by atoms with Crippen molar-refractivity contribution in [2.75, 3.05) is 32.5 Å². The van der Waals surface area contributed by atoms with Gasteiger partial charge >= 0.3 is 11.8 Å². The molecule has 1 aromatic rings. The fourth-order valence-corrected chi connectivity index (χ4v) is 2.07. The van der Waals surface area contributed by atoms with Crippen LogP contribution in [-0.4, -0.2) is 43.9 Å². The van der Waals surface area contributed by atoms with Gasteiger partial charge in [-0.15, -0.1) is 0 Å². The van der Waals surface area contributed by atoms with Crippen molar-refractivity contribution >= 4 is 40.1 Å². The number of nitrogens with one attached hydrogen (secondary N) is 2. The second-order valence-corrected chi connectivity index (χ2v) is 5.72. The van der Waals surface area contributed by atoms with Crippen LogP contribution in [0.3, 0.4) is 0 Å². The smallest absolute Gasteiger partial charge is 0.313 e. The van der Waals surface area contributed by atoms with E-state index in [-0.39, 0.29) is 0 Å². The van der Waals surface area contributed by atoms with Crippen LogP contribution in [0.25, 0.3) is 0 Å². The Labute approximate surface area is 126 Å². The molecular formula is C13H18IN3O2. The molecular weight excluding hydrogens is 357 g/mol. The number of hydrogen-bond acceptors (Lipinski definition) is 3. The Bertz CT molecular complexity index is 475. The van der Waals surface area contributed by atoms with E-state index in [4.69, 9.17) is 0 Å². The highest BCUT2D eigenvalue weighted by Crippen LogP contribution is 2.17. The van der Waals surface area contributed by atoms with E-state index in [1.165, 1.54) is 0 Å². The zero-order valence-corrected chi connectivity index (χ0v) is 13.4. The minimum atomic E-state index is -0.636. The van der Waals surface area contributed by atoms with Gasteiger partial charge in [0.1, 0.15) is 0 Å². The summed E-state index contributed by atoms with van der Waals surface area (Å²) in [7, 11) is 3.81. The first-order chi connectivity index (χ1) is 8.90. The van der Waals surface area contributed by atoms with E-state index in [0.717, 1.165) is 9.13 Å². The van der Waals surface area contributed by atoms with E-state index in [2.05, 4.69) is 33.2 Å². The zero-order chi connectivity index (χ0) is 14.4. The number of halogens is 1. The number of aryl methyl sites for hydroxylation is 1. The Morgan fingerprint density at radius 2 is 1.95 bits per heavy atom. The quantitative estimate of drug-likeness (QED) is 0.615. The number of nitrogens with zero attached hydrogens (tertiary/aromatic N) is 1. The standard InChI is InChI=1S/C13H18IN3O2/c1-9-8-10(14)4-5-11(9)16-13(19)12(18)15-6-7-17(2)3/h4-5,8H,6-7H2,1-3H3,(H,15,18)(H,16,19). The highest BCUT2D eigenvalue weighted by atomic mass is 127. The Balaban J connectivity index is 2.52. The molecule has 0 heterocycles. The summed E-state index contributed by atoms with van der Waals surface area (Å²) in [6.45, 7) is 3.04. The topological polar surface area (TPSA) is 61.4 Å². The molecule has 0 atom stereocenters. The van der Waals surface area contributed by atoms with Crippen LogP contribution in [0.2, 0.25) is 0 Å². The number of hydrogen-bond donors (Lipinski definition) is 2. The summed E-state index contributed by atoms with van der Waals surface area (Å²) >= 11 is 2.20. The molecule has 19 heavy (non-hydrogen) atoms. The third-order valence-corrected chi connectivity index (χ3v) is 3.16. The van der Waals surface area contributed by atoms with Gasteiger partial charge in [0.25, 0.3) is 0 Å². The zero-order valence-electron chi connectivity index (χ0n) is 11.3. The molecule has 0 aliphatic rings. The second kappa shape index (κ2) is 7.44. The molecule has 0 fully saturated rings. The van der Waals surface area contributed by atoms with Crippen molar-refractivity contribution in [2.24, 2.45) is 0 Å². The molecule has 5 nitrogen and oxygen atoms in total. The average Bonchev–Trinajstić information content (AvgIpc) is 2.32. The highest BCUT2D eigenvalue weighted by molar-refractivity contribution is 14.1. The maximum Gasteiger partial charge on any atom is 0.313 e. The molecule has 0 saturated heterocycles. The molecule has 2 N–H and O–H groups in total. The van der Waals surface area contributed by atoms with Crippen LogP contribution in [0.4, 0.5) is 5.69 Å². The predicted molar refractivity (Wildman–Crippen MR) is 84.1 cm³/mol. The van der Waals surface area contributed by atoms with Crippen LogP contribution >= 0.6 is 22.6 Å². The van der Waals surface area contributed by atoms with Crippen molar-refractivity contribution in [3.05, 3.63) is 27.3 Å². The molecule has 0 bridgehead atoms. The summed E-state index contributed by atoms with van der Waals surface area (Å²) in [4.78, 5) is 25.2. The van der Waals surface area contributed by atoms with Gasteiger partial charge in [-0.1, -0.05) is 0 Å². The molecule has 0 unspecified atom stereocenters. The van der Waals surface area contributed by atoms with Crippen molar-refractivity contribution < 1.29 is 9.59 Å². The van der Waals surface area contributed by atoms with Gasteiger partial charge in [-0.2, -0.15) is 0 Å². The minimum absolute atomic E-state index is 0.449. The van der Waals surface area contributed by atoms with Crippen LogP contribution in [0.15, 0.2) is 18.2 Å². The van der Waals surface area contributed by atoms with Crippen LogP contribution < -0.4 is 10.6 Å². The molecule has 0 spiro atoms. The largest absolute Gasteiger partial charge is 0.347 e. The van der Waals surface area contributed by atoms with E-state index in [9.17, 15) is 9.59 Å². The van der Waals surface area contributed by atoms with Gasteiger partial charge in [0, 0.05) is 22.3 Å². The van der Waals surface area contributed by atoms with Crippen LogP contribution in [0.5, 0.6) is 0 Å². The maximum atomic E-state index is 11.7. The average molecular weight is 375 g/mol. The van der Waals surface area contributed by atoms with Gasteiger partial charge in [0.2, 0.25) is 0 Å². The van der Waals surface area contributed by atoms with Gasteiger partial charge in [-0.3, -0.25) is 9.59 Å². The van der Waals surface area contributed by atoms with Gasteiger partial charge in [-0.25, -0.2) is 0 Å². The number of carbonyl (C=O) groups excluding carboxylic acids is 2. The lowest BCUT2D eigenvalue weighted by Gasteiger charge is -2.11. The summed E-state index contributed by atoms with van der Waals surface area (Å²) in [5, 5.41) is 5.18. The number of likely N-dealkylation sites (N-methyl/N-ethyl adjacent to an activating group) is 1. The first-order valence-corrected chi connectivity index (χ1v) is 6.98. The summed E-state index contributed by atoms with van der Waals surface area (Å²) < 4.78 is 1.09. The first-order valence-electron chi connectivity index (χ1n) is 5.90. The minimum Gasteiger partial charge on any atom is -0.347 e.